The average molecular weight is 308 g/mol. The molecule has 0 atom stereocenters. The Morgan fingerprint density at radius 3 is 2.62 bits per heavy atom. The van der Waals surface area contributed by atoms with Crippen LogP contribution < -0.4 is 10.1 Å². The van der Waals surface area contributed by atoms with Gasteiger partial charge >= 0.3 is 0 Å². The van der Waals surface area contributed by atoms with Gasteiger partial charge in [-0.1, -0.05) is 37.6 Å². The van der Waals surface area contributed by atoms with Gasteiger partial charge in [-0.2, -0.15) is 0 Å². The first-order chi connectivity index (χ1) is 9.95. The number of aryl methyl sites for hydroxylation is 1. The molecule has 0 fully saturated rings. The van der Waals surface area contributed by atoms with Gasteiger partial charge in [-0.3, -0.25) is 0 Å². The zero-order valence-corrected chi connectivity index (χ0v) is 13.2. The van der Waals surface area contributed by atoms with E-state index in [2.05, 4.69) is 25.2 Å². The Morgan fingerprint density at radius 1 is 1.19 bits per heavy atom. The largest absolute Gasteiger partial charge is 0.457 e. The maximum atomic E-state index is 13.4. The molecule has 4 heteroatoms. The first kappa shape index (κ1) is 15.8. The molecule has 0 spiro atoms. The van der Waals surface area contributed by atoms with Gasteiger partial charge in [-0.05, 0) is 36.2 Å². The number of benzene rings is 2. The summed E-state index contributed by atoms with van der Waals surface area (Å²) in [5, 5.41) is 3.45. The molecule has 112 valence electrons. The Bertz CT molecular complexity index is 628. The summed E-state index contributed by atoms with van der Waals surface area (Å²) in [4.78, 5) is 0. The molecule has 0 aliphatic heterocycles. The van der Waals surface area contributed by atoms with Gasteiger partial charge in [0.05, 0.1) is 5.02 Å². The molecule has 0 aliphatic carbocycles. The summed E-state index contributed by atoms with van der Waals surface area (Å²) in [6.45, 7) is 6.93. The van der Waals surface area contributed by atoms with Crippen molar-refractivity contribution in [3.63, 3.8) is 0 Å². The number of ether oxygens (including phenoxy) is 1. The fourth-order valence-electron chi connectivity index (χ4n) is 1.85. The maximum Gasteiger partial charge on any atom is 0.145 e. The smallest absolute Gasteiger partial charge is 0.145 e. The molecule has 0 aromatic heterocycles. The average Bonchev–Trinajstić information content (AvgIpc) is 2.43. The number of halogens is 2. The van der Waals surface area contributed by atoms with E-state index in [0.717, 1.165) is 23.4 Å². The molecule has 2 aromatic rings. The molecule has 2 aromatic carbocycles. The van der Waals surface area contributed by atoms with Crippen molar-refractivity contribution >= 4 is 11.6 Å². The zero-order chi connectivity index (χ0) is 15.4. The molecular formula is C17H19ClFNO. The molecule has 2 nitrogen and oxygen atoms in total. The van der Waals surface area contributed by atoms with Crippen molar-refractivity contribution in [1.82, 2.24) is 5.32 Å². The second kappa shape index (κ2) is 6.92. The van der Waals surface area contributed by atoms with E-state index in [4.69, 9.17) is 16.3 Å². The molecular weight excluding hydrogens is 289 g/mol. The quantitative estimate of drug-likeness (QED) is 0.832. The molecule has 0 amide bonds. The third kappa shape index (κ3) is 4.45. The molecule has 21 heavy (non-hydrogen) atoms. The molecule has 0 saturated heterocycles. The third-order valence-electron chi connectivity index (χ3n) is 3.09. The Morgan fingerprint density at radius 2 is 1.95 bits per heavy atom. The predicted molar refractivity (Wildman–Crippen MR) is 84.6 cm³/mol. The van der Waals surface area contributed by atoms with Gasteiger partial charge in [-0.15, -0.1) is 0 Å². The van der Waals surface area contributed by atoms with Gasteiger partial charge < -0.3 is 10.1 Å². The molecule has 0 saturated carbocycles. The fraction of sp³-hybridized carbons (Fsp3) is 0.294. The van der Waals surface area contributed by atoms with Gasteiger partial charge in [0, 0.05) is 18.7 Å². The van der Waals surface area contributed by atoms with E-state index in [0.29, 0.717) is 11.8 Å². The van der Waals surface area contributed by atoms with Gasteiger partial charge in [0.2, 0.25) is 0 Å². The van der Waals surface area contributed by atoms with Crippen LogP contribution in [0, 0.1) is 12.7 Å². The van der Waals surface area contributed by atoms with Crippen LogP contribution in [0.5, 0.6) is 11.5 Å². The lowest BCUT2D eigenvalue weighted by atomic mass is 10.1. The van der Waals surface area contributed by atoms with Crippen molar-refractivity contribution in [2.24, 2.45) is 0 Å². The summed E-state index contributed by atoms with van der Waals surface area (Å²) in [7, 11) is 0. The molecule has 1 N–H and O–H groups in total. The van der Waals surface area contributed by atoms with Crippen molar-refractivity contribution in [2.45, 2.75) is 33.4 Å². The second-order valence-corrected chi connectivity index (χ2v) is 5.72. The Kier molecular flexibility index (Phi) is 5.21. The van der Waals surface area contributed by atoms with Crippen LogP contribution in [0.3, 0.4) is 0 Å². The monoisotopic (exact) mass is 307 g/mol. The van der Waals surface area contributed by atoms with Crippen LogP contribution in [-0.2, 0) is 6.54 Å². The molecule has 2 rings (SSSR count). The van der Waals surface area contributed by atoms with Crippen molar-refractivity contribution in [1.29, 1.82) is 0 Å². The van der Waals surface area contributed by atoms with Gasteiger partial charge in [0.1, 0.15) is 17.3 Å². The van der Waals surface area contributed by atoms with Crippen LogP contribution in [0.1, 0.15) is 25.0 Å². The molecule has 0 aliphatic rings. The van der Waals surface area contributed by atoms with E-state index in [1.807, 2.05) is 19.1 Å². The lowest BCUT2D eigenvalue weighted by molar-refractivity contribution is 0.471. The van der Waals surface area contributed by atoms with Crippen LogP contribution in [0.4, 0.5) is 4.39 Å². The molecule has 0 unspecified atom stereocenters. The SMILES string of the molecule is Cc1ccc(CNC(C)C)cc1Oc1ccc(Cl)c(F)c1. The Hall–Kier alpha value is -1.58. The summed E-state index contributed by atoms with van der Waals surface area (Å²) in [6, 6.07) is 10.9. The summed E-state index contributed by atoms with van der Waals surface area (Å²) >= 11 is 5.67. The zero-order valence-electron chi connectivity index (χ0n) is 12.4. The Labute approximate surface area is 129 Å². The topological polar surface area (TPSA) is 21.3 Å². The van der Waals surface area contributed by atoms with Gasteiger partial charge in [-0.25, -0.2) is 4.39 Å². The molecule has 0 heterocycles. The van der Waals surface area contributed by atoms with Crippen LogP contribution in [0.15, 0.2) is 36.4 Å². The van der Waals surface area contributed by atoms with Gasteiger partial charge in [0.15, 0.2) is 0 Å². The number of nitrogens with one attached hydrogen (secondary N) is 1. The minimum atomic E-state index is -0.482. The lowest BCUT2D eigenvalue weighted by Gasteiger charge is -2.13. The maximum absolute atomic E-state index is 13.4. The van der Waals surface area contributed by atoms with E-state index >= 15 is 0 Å². The number of rotatable bonds is 5. The van der Waals surface area contributed by atoms with Crippen molar-refractivity contribution in [2.75, 3.05) is 0 Å². The first-order valence-corrected chi connectivity index (χ1v) is 7.29. The minimum Gasteiger partial charge on any atom is -0.457 e. The first-order valence-electron chi connectivity index (χ1n) is 6.91. The van der Waals surface area contributed by atoms with Crippen LogP contribution in [0.2, 0.25) is 5.02 Å². The highest BCUT2D eigenvalue weighted by Gasteiger charge is 2.06. The fourth-order valence-corrected chi connectivity index (χ4v) is 1.97. The Balaban J connectivity index is 2.18. The summed E-state index contributed by atoms with van der Waals surface area (Å²) in [5.74, 6) is 0.679. The summed E-state index contributed by atoms with van der Waals surface area (Å²) in [5.41, 5.74) is 2.12. The van der Waals surface area contributed by atoms with E-state index < -0.39 is 5.82 Å². The number of hydrogen-bond acceptors (Lipinski definition) is 2. The van der Waals surface area contributed by atoms with Crippen molar-refractivity contribution in [3.05, 3.63) is 58.4 Å². The number of hydrogen-bond donors (Lipinski definition) is 1. The highest BCUT2D eigenvalue weighted by atomic mass is 35.5. The van der Waals surface area contributed by atoms with Crippen molar-refractivity contribution < 1.29 is 9.13 Å². The normalized spacial score (nSPS) is 11.0. The molecule has 0 bridgehead atoms. The standard InChI is InChI=1S/C17H19ClFNO/c1-11(2)20-10-13-5-4-12(3)17(8-13)21-14-6-7-15(18)16(19)9-14/h4-9,11,20H,10H2,1-3H3. The summed E-state index contributed by atoms with van der Waals surface area (Å²) < 4.78 is 19.2. The highest BCUT2D eigenvalue weighted by molar-refractivity contribution is 6.30. The third-order valence-corrected chi connectivity index (χ3v) is 3.39. The van der Waals surface area contributed by atoms with E-state index in [9.17, 15) is 4.39 Å². The predicted octanol–water partition coefficient (Wildman–Crippen LogP) is 5.08. The van der Waals surface area contributed by atoms with Gasteiger partial charge in [0.25, 0.3) is 0 Å². The highest BCUT2D eigenvalue weighted by Crippen LogP contribution is 2.28. The second-order valence-electron chi connectivity index (χ2n) is 5.31. The van der Waals surface area contributed by atoms with Crippen molar-refractivity contribution in [3.8, 4) is 11.5 Å². The van der Waals surface area contributed by atoms with Crippen LogP contribution in [-0.4, -0.2) is 6.04 Å². The molecule has 0 radical (unpaired) electrons. The lowest BCUT2D eigenvalue weighted by Crippen LogP contribution is -2.21. The van der Waals surface area contributed by atoms with Crippen LogP contribution in [0.25, 0.3) is 0 Å². The van der Waals surface area contributed by atoms with E-state index in [1.54, 1.807) is 6.07 Å². The summed E-state index contributed by atoms with van der Waals surface area (Å²) in [6.07, 6.45) is 0. The minimum absolute atomic E-state index is 0.0916. The van der Waals surface area contributed by atoms with E-state index in [1.165, 1.54) is 12.1 Å². The van der Waals surface area contributed by atoms with E-state index in [-0.39, 0.29) is 5.02 Å². The van der Waals surface area contributed by atoms with Crippen LogP contribution >= 0.6 is 11.6 Å².